The van der Waals surface area contributed by atoms with Crippen LogP contribution in [0.3, 0.4) is 0 Å². The molecule has 6 heteroatoms. The Hall–Kier alpha value is -0.910. The molecule has 0 aliphatic rings. The summed E-state index contributed by atoms with van der Waals surface area (Å²) in [6, 6.07) is 0. The fourth-order valence-corrected chi connectivity index (χ4v) is 2.52. The third-order valence-corrected chi connectivity index (χ3v) is 3.45. The lowest BCUT2D eigenvalue weighted by Gasteiger charge is -2.16. The third-order valence-electron chi connectivity index (χ3n) is 3.18. The topological polar surface area (TPSA) is 70.1 Å². The molecule has 0 amide bonds. The average molecular weight is 302 g/mol. The zero-order valence-corrected chi connectivity index (χ0v) is 13.2. The summed E-state index contributed by atoms with van der Waals surface area (Å²) in [4.78, 5) is 12.4. The Kier molecular flexibility index (Phi) is 7.19. The van der Waals surface area contributed by atoms with E-state index in [-0.39, 0.29) is 11.7 Å². The lowest BCUT2D eigenvalue weighted by atomic mass is 9.92. The minimum atomic E-state index is -0.000275. The van der Waals surface area contributed by atoms with Crippen LogP contribution in [0.1, 0.15) is 37.2 Å². The molecule has 1 unspecified atom stereocenters. The van der Waals surface area contributed by atoms with Crippen LogP contribution in [0.5, 0.6) is 0 Å². The SMILES string of the molecule is COCCn1ncc(Cl)c1C(=O)CC(CN)CC(C)C. The molecule has 0 saturated carbocycles. The predicted octanol–water partition coefficient (Wildman–Crippen LogP) is 2.38. The second-order valence-electron chi connectivity index (χ2n) is 5.42. The monoisotopic (exact) mass is 301 g/mol. The summed E-state index contributed by atoms with van der Waals surface area (Å²) >= 11 is 6.07. The van der Waals surface area contributed by atoms with Crippen LogP contribution in [0.15, 0.2) is 6.20 Å². The van der Waals surface area contributed by atoms with Gasteiger partial charge in [-0.1, -0.05) is 25.4 Å². The van der Waals surface area contributed by atoms with Gasteiger partial charge in [0.25, 0.3) is 0 Å². The molecule has 0 aliphatic carbocycles. The highest BCUT2D eigenvalue weighted by Gasteiger charge is 2.21. The maximum absolute atomic E-state index is 12.4. The van der Waals surface area contributed by atoms with Gasteiger partial charge in [0.05, 0.1) is 24.4 Å². The van der Waals surface area contributed by atoms with Gasteiger partial charge in [-0.3, -0.25) is 9.48 Å². The summed E-state index contributed by atoms with van der Waals surface area (Å²) in [5.41, 5.74) is 6.22. The molecule has 0 radical (unpaired) electrons. The van der Waals surface area contributed by atoms with Crippen molar-refractivity contribution in [3.05, 3.63) is 16.9 Å². The number of rotatable bonds is 9. The van der Waals surface area contributed by atoms with Crippen LogP contribution in [0.4, 0.5) is 0 Å². The van der Waals surface area contributed by atoms with E-state index in [1.165, 1.54) is 6.20 Å². The molecule has 1 aromatic rings. The number of hydrogen-bond acceptors (Lipinski definition) is 4. The quantitative estimate of drug-likeness (QED) is 0.711. The fourth-order valence-electron chi connectivity index (χ4n) is 2.28. The number of halogens is 1. The Bertz CT molecular complexity index is 432. The van der Waals surface area contributed by atoms with Crippen LogP contribution in [-0.4, -0.2) is 35.8 Å². The molecule has 1 heterocycles. The number of methoxy groups -OCH3 is 1. The van der Waals surface area contributed by atoms with Crippen molar-refractivity contribution in [2.75, 3.05) is 20.3 Å². The smallest absolute Gasteiger partial charge is 0.182 e. The maximum atomic E-state index is 12.4. The molecule has 0 bridgehead atoms. The standard InChI is InChI=1S/C14H24ClN3O2/c1-10(2)6-11(8-16)7-13(19)14-12(15)9-17-18(14)4-5-20-3/h9-11H,4-8,16H2,1-3H3. The van der Waals surface area contributed by atoms with Crippen LogP contribution in [0.2, 0.25) is 5.02 Å². The molecule has 0 fully saturated rings. The molecule has 1 rings (SSSR count). The van der Waals surface area contributed by atoms with Gasteiger partial charge in [0.2, 0.25) is 0 Å². The van der Waals surface area contributed by atoms with E-state index in [1.807, 2.05) is 0 Å². The highest BCUT2D eigenvalue weighted by atomic mass is 35.5. The van der Waals surface area contributed by atoms with E-state index in [2.05, 4.69) is 18.9 Å². The Balaban J connectivity index is 2.77. The summed E-state index contributed by atoms with van der Waals surface area (Å²) in [5, 5.41) is 4.52. The summed E-state index contributed by atoms with van der Waals surface area (Å²) in [6.07, 6.45) is 2.85. The van der Waals surface area contributed by atoms with Crippen LogP contribution in [0.25, 0.3) is 0 Å². The molecule has 0 aromatic carbocycles. The van der Waals surface area contributed by atoms with Crippen LogP contribution < -0.4 is 5.73 Å². The molecule has 20 heavy (non-hydrogen) atoms. The molecule has 0 spiro atoms. The Labute approximate surface area is 125 Å². The van der Waals surface area contributed by atoms with E-state index < -0.39 is 0 Å². The second-order valence-corrected chi connectivity index (χ2v) is 5.82. The number of carbonyl (C=O) groups is 1. The minimum Gasteiger partial charge on any atom is -0.383 e. The van der Waals surface area contributed by atoms with E-state index in [0.29, 0.717) is 42.8 Å². The van der Waals surface area contributed by atoms with Gasteiger partial charge < -0.3 is 10.5 Å². The van der Waals surface area contributed by atoms with E-state index in [0.717, 1.165) is 6.42 Å². The van der Waals surface area contributed by atoms with Crippen molar-refractivity contribution >= 4 is 17.4 Å². The van der Waals surface area contributed by atoms with Gasteiger partial charge in [0.15, 0.2) is 5.78 Å². The molecule has 1 atom stereocenters. The average Bonchev–Trinajstić information content (AvgIpc) is 2.76. The highest BCUT2D eigenvalue weighted by molar-refractivity contribution is 6.33. The first-order valence-electron chi connectivity index (χ1n) is 6.93. The Morgan fingerprint density at radius 3 is 2.80 bits per heavy atom. The number of hydrogen-bond donors (Lipinski definition) is 1. The molecular formula is C14H24ClN3O2. The van der Waals surface area contributed by atoms with E-state index in [4.69, 9.17) is 22.1 Å². The number of ketones is 1. The van der Waals surface area contributed by atoms with Crippen LogP contribution >= 0.6 is 11.6 Å². The highest BCUT2D eigenvalue weighted by Crippen LogP contribution is 2.21. The zero-order chi connectivity index (χ0) is 15.1. The predicted molar refractivity (Wildman–Crippen MR) is 80.1 cm³/mol. The van der Waals surface area contributed by atoms with Crippen molar-refractivity contribution in [2.45, 2.75) is 33.2 Å². The zero-order valence-electron chi connectivity index (χ0n) is 12.4. The largest absolute Gasteiger partial charge is 0.383 e. The van der Waals surface area contributed by atoms with E-state index in [1.54, 1.807) is 11.8 Å². The van der Waals surface area contributed by atoms with E-state index >= 15 is 0 Å². The fraction of sp³-hybridized carbons (Fsp3) is 0.714. The number of ether oxygens (including phenoxy) is 1. The first kappa shape index (κ1) is 17.1. The maximum Gasteiger partial charge on any atom is 0.182 e. The number of aromatic nitrogens is 2. The Morgan fingerprint density at radius 1 is 1.55 bits per heavy atom. The summed E-state index contributed by atoms with van der Waals surface area (Å²) < 4.78 is 6.62. The first-order valence-corrected chi connectivity index (χ1v) is 7.30. The van der Waals surface area contributed by atoms with Crippen molar-refractivity contribution in [1.29, 1.82) is 0 Å². The van der Waals surface area contributed by atoms with Gasteiger partial charge in [-0.25, -0.2) is 0 Å². The summed E-state index contributed by atoms with van der Waals surface area (Å²) in [6.45, 7) is 5.77. The summed E-state index contributed by atoms with van der Waals surface area (Å²) in [7, 11) is 1.61. The van der Waals surface area contributed by atoms with Gasteiger partial charge >= 0.3 is 0 Å². The van der Waals surface area contributed by atoms with Gasteiger partial charge in [-0.05, 0) is 24.8 Å². The third kappa shape index (κ3) is 4.89. The van der Waals surface area contributed by atoms with Gasteiger partial charge in [-0.2, -0.15) is 5.10 Å². The molecular weight excluding hydrogens is 278 g/mol. The number of nitrogens with two attached hydrogens (primary N) is 1. The first-order chi connectivity index (χ1) is 9.49. The number of Topliss-reactive ketones (excluding diaryl/α,β-unsaturated/α-hetero) is 1. The molecule has 0 aliphatic heterocycles. The molecule has 114 valence electrons. The summed E-state index contributed by atoms with van der Waals surface area (Å²) in [5.74, 6) is 0.703. The van der Waals surface area contributed by atoms with Gasteiger partial charge in [0.1, 0.15) is 5.69 Å². The van der Waals surface area contributed by atoms with Crippen LogP contribution in [-0.2, 0) is 11.3 Å². The van der Waals surface area contributed by atoms with Crippen molar-refractivity contribution in [2.24, 2.45) is 17.6 Å². The van der Waals surface area contributed by atoms with Crippen molar-refractivity contribution in [1.82, 2.24) is 9.78 Å². The van der Waals surface area contributed by atoms with Gasteiger partial charge in [-0.15, -0.1) is 0 Å². The van der Waals surface area contributed by atoms with Gasteiger partial charge in [0, 0.05) is 13.5 Å². The second kappa shape index (κ2) is 8.39. The normalized spacial score (nSPS) is 12.9. The van der Waals surface area contributed by atoms with Crippen molar-refractivity contribution < 1.29 is 9.53 Å². The van der Waals surface area contributed by atoms with Crippen LogP contribution in [0, 0.1) is 11.8 Å². The molecule has 5 nitrogen and oxygen atoms in total. The number of nitrogens with zero attached hydrogens (tertiary/aromatic N) is 2. The Morgan fingerprint density at radius 2 is 2.25 bits per heavy atom. The van der Waals surface area contributed by atoms with Crippen molar-refractivity contribution in [3.8, 4) is 0 Å². The molecule has 1 aromatic heterocycles. The van der Waals surface area contributed by atoms with E-state index in [9.17, 15) is 4.79 Å². The number of carbonyl (C=O) groups excluding carboxylic acids is 1. The lowest BCUT2D eigenvalue weighted by molar-refractivity contribution is 0.0943. The molecule has 0 saturated heterocycles. The molecule has 2 N–H and O–H groups in total. The van der Waals surface area contributed by atoms with Crippen molar-refractivity contribution in [3.63, 3.8) is 0 Å². The minimum absolute atomic E-state index is 0.000275. The lowest BCUT2D eigenvalue weighted by Crippen LogP contribution is -2.22.